The maximum Gasteiger partial charge on any atom is 0.241 e. The third-order valence-electron chi connectivity index (χ3n) is 4.15. The summed E-state index contributed by atoms with van der Waals surface area (Å²) in [5.74, 6) is 0.915. The number of carbonyl (C=O) groups excluding carboxylic acids is 1. The summed E-state index contributed by atoms with van der Waals surface area (Å²) >= 11 is 0. The molecule has 146 valence electrons. The Balaban J connectivity index is 2.16. The lowest BCUT2D eigenvalue weighted by molar-refractivity contribution is -0.121. The molecule has 7 heteroatoms. The zero-order valence-corrected chi connectivity index (χ0v) is 16.9. The van der Waals surface area contributed by atoms with E-state index in [0.717, 1.165) is 17.0 Å². The first-order valence-electron chi connectivity index (χ1n) is 8.72. The van der Waals surface area contributed by atoms with E-state index in [0.29, 0.717) is 17.2 Å². The second kappa shape index (κ2) is 8.43. The van der Waals surface area contributed by atoms with Crippen molar-refractivity contribution >= 4 is 21.6 Å². The van der Waals surface area contributed by atoms with Gasteiger partial charge in [0.05, 0.1) is 11.9 Å². The van der Waals surface area contributed by atoms with Gasteiger partial charge in [0, 0.05) is 5.54 Å². The summed E-state index contributed by atoms with van der Waals surface area (Å²) in [6.45, 7) is 5.47. The Morgan fingerprint density at radius 3 is 2.11 bits per heavy atom. The number of rotatable bonds is 8. The zero-order valence-electron chi connectivity index (χ0n) is 16.1. The lowest BCUT2D eigenvalue weighted by Crippen LogP contribution is -2.48. The molecule has 0 heterocycles. The topological polar surface area (TPSA) is 75.7 Å². The Morgan fingerprint density at radius 2 is 1.59 bits per heavy atom. The Kier molecular flexibility index (Phi) is 6.49. The normalized spacial score (nSPS) is 11.7. The van der Waals surface area contributed by atoms with Gasteiger partial charge in [-0.25, -0.2) is 8.42 Å². The number of hydrogen-bond donors (Lipinski definition) is 1. The van der Waals surface area contributed by atoms with E-state index >= 15 is 0 Å². The van der Waals surface area contributed by atoms with Gasteiger partial charge in [0.25, 0.3) is 0 Å². The highest BCUT2D eigenvalue weighted by Crippen LogP contribution is 2.25. The van der Waals surface area contributed by atoms with Gasteiger partial charge in [-0.3, -0.25) is 9.10 Å². The van der Waals surface area contributed by atoms with E-state index in [-0.39, 0.29) is 12.5 Å². The van der Waals surface area contributed by atoms with Crippen LogP contribution in [0.1, 0.15) is 27.2 Å². The van der Waals surface area contributed by atoms with Gasteiger partial charge in [0.1, 0.15) is 18.0 Å². The van der Waals surface area contributed by atoms with Crippen molar-refractivity contribution in [3.05, 3.63) is 54.6 Å². The van der Waals surface area contributed by atoms with Crippen molar-refractivity contribution in [2.24, 2.45) is 0 Å². The fourth-order valence-corrected chi connectivity index (χ4v) is 3.20. The highest BCUT2D eigenvalue weighted by atomic mass is 32.2. The van der Waals surface area contributed by atoms with Gasteiger partial charge >= 0.3 is 0 Å². The van der Waals surface area contributed by atoms with Gasteiger partial charge < -0.3 is 10.1 Å². The molecule has 0 saturated heterocycles. The lowest BCUT2D eigenvalue weighted by Gasteiger charge is -2.27. The van der Waals surface area contributed by atoms with Gasteiger partial charge in [0.2, 0.25) is 15.9 Å². The smallest absolute Gasteiger partial charge is 0.241 e. The van der Waals surface area contributed by atoms with E-state index in [1.165, 1.54) is 0 Å². The standard InChI is InChI=1S/C20H26N2O4S/c1-5-20(2,3)21-19(23)15-22(27(4,24)25)16-11-13-18(14-12-16)26-17-9-7-6-8-10-17/h6-14H,5,15H2,1-4H3,(H,21,23). The van der Waals surface area contributed by atoms with Crippen molar-refractivity contribution in [3.63, 3.8) is 0 Å². The van der Waals surface area contributed by atoms with Crippen LogP contribution in [0.25, 0.3) is 0 Å². The van der Waals surface area contributed by atoms with Crippen molar-refractivity contribution in [1.29, 1.82) is 0 Å². The first-order chi connectivity index (χ1) is 12.6. The molecule has 6 nitrogen and oxygen atoms in total. The molecule has 1 amide bonds. The predicted molar refractivity (Wildman–Crippen MR) is 108 cm³/mol. The minimum Gasteiger partial charge on any atom is -0.457 e. The minimum absolute atomic E-state index is 0.277. The average Bonchev–Trinajstić information content (AvgIpc) is 2.60. The molecule has 0 spiro atoms. The molecule has 0 aliphatic carbocycles. The Hall–Kier alpha value is -2.54. The molecule has 0 fully saturated rings. The van der Waals surface area contributed by atoms with Crippen LogP contribution in [-0.4, -0.2) is 32.7 Å². The summed E-state index contributed by atoms with van der Waals surface area (Å²) in [5.41, 5.74) is 0.00977. The summed E-state index contributed by atoms with van der Waals surface area (Å²) in [7, 11) is -3.62. The fraction of sp³-hybridized carbons (Fsp3) is 0.350. The Bertz CT molecular complexity index is 863. The van der Waals surface area contributed by atoms with E-state index in [1.54, 1.807) is 24.3 Å². The zero-order chi connectivity index (χ0) is 20.1. The van der Waals surface area contributed by atoms with Crippen molar-refractivity contribution in [2.75, 3.05) is 17.1 Å². The van der Waals surface area contributed by atoms with Crippen molar-refractivity contribution in [1.82, 2.24) is 5.32 Å². The molecule has 2 rings (SSSR count). The second-order valence-corrected chi connectivity index (χ2v) is 8.87. The number of carbonyl (C=O) groups is 1. The van der Waals surface area contributed by atoms with Gasteiger partial charge in [-0.15, -0.1) is 0 Å². The number of hydrogen-bond acceptors (Lipinski definition) is 4. The van der Waals surface area contributed by atoms with Crippen LogP contribution < -0.4 is 14.4 Å². The van der Waals surface area contributed by atoms with Crippen molar-refractivity contribution in [3.8, 4) is 11.5 Å². The number of nitrogens with one attached hydrogen (secondary N) is 1. The van der Waals surface area contributed by atoms with Gasteiger partial charge in [0.15, 0.2) is 0 Å². The second-order valence-electron chi connectivity index (χ2n) is 6.96. The van der Waals surface area contributed by atoms with E-state index in [9.17, 15) is 13.2 Å². The SMILES string of the molecule is CCC(C)(C)NC(=O)CN(c1ccc(Oc2ccccc2)cc1)S(C)(=O)=O. The van der Waals surface area contributed by atoms with Crippen LogP contribution in [0.3, 0.4) is 0 Å². The number of nitrogens with zero attached hydrogens (tertiary/aromatic N) is 1. The molecule has 2 aromatic rings. The Labute approximate surface area is 161 Å². The van der Waals surface area contributed by atoms with Crippen LogP contribution in [0, 0.1) is 0 Å². The highest BCUT2D eigenvalue weighted by molar-refractivity contribution is 7.92. The molecule has 0 bridgehead atoms. The van der Waals surface area contributed by atoms with Crippen molar-refractivity contribution < 1.29 is 17.9 Å². The van der Waals surface area contributed by atoms with Crippen LogP contribution in [0.2, 0.25) is 0 Å². The van der Waals surface area contributed by atoms with E-state index in [1.807, 2.05) is 51.1 Å². The van der Waals surface area contributed by atoms with Crippen LogP contribution in [0.5, 0.6) is 11.5 Å². The van der Waals surface area contributed by atoms with Crippen LogP contribution in [-0.2, 0) is 14.8 Å². The van der Waals surface area contributed by atoms with Crippen LogP contribution in [0.15, 0.2) is 54.6 Å². The molecule has 27 heavy (non-hydrogen) atoms. The number of benzene rings is 2. The van der Waals surface area contributed by atoms with Gasteiger partial charge in [-0.1, -0.05) is 25.1 Å². The highest BCUT2D eigenvalue weighted by Gasteiger charge is 2.24. The summed E-state index contributed by atoms with van der Waals surface area (Å²) in [5, 5.41) is 2.85. The average molecular weight is 391 g/mol. The molecule has 0 atom stereocenters. The molecule has 0 unspecified atom stereocenters. The molecule has 2 aromatic carbocycles. The number of anilines is 1. The first kappa shape index (κ1) is 20.8. The molecule has 0 radical (unpaired) electrons. The predicted octanol–water partition coefficient (Wildman–Crippen LogP) is 3.55. The summed E-state index contributed by atoms with van der Waals surface area (Å²) in [6.07, 6.45) is 1.82. The summed E-state index contributed by atoms with van der Waals surface area (Å²) in [6, 6.07) is 15.9. The van der Waals surface area contributed by atoms with E-state index in [2.05, 4.69) is 5.32 Å². The molecule has 0 aliphatic rings. The fourth-order valence-electron chi connectivity index (χ4n) is 2.34. The molecular weight excluding hydrogens is 364 g/mol. The summed E-state index contributed by atoms with van der Waals surface area (Å²) in [4.78, 5) is 12.3. The number of para-hydroxylation sites is 1. The van der Waals surface area contributed by atoms with Gasteiger partial charge in [-0.05, 0) is 56.7 Å². The molecule has 0 saturated carbocycles. The molecule has 1 N–H and O–H groups in total. The quantitative estimate of drug-likeness (QED) is 0.748. The molecular formula is C20H26N2O4S. The maximum atomic E-state index is 12.3. The largest absolute Gasteiger partial charge is 0.457 e. The first-order valence-corrected chi connectivity index (χ1v) is 10.6. The third kappa shape index (κ3) is 6.29. The number of amides is 1. The van der Waals surface area contributed by atoms with E-state index in [4.69, 9.17) is 4.74 Å². The molecule has 0 aromatic heterocycles. The van der Waals surface area contributed by atoms with Crippen LogP contribution >= 0.6 is 0 Å². The van der Waals surface area contributed by atoms with Gasteiger partial charge in [-0.2, -0.15) is 0 Å². The van der Waals surface area contributed by atoms with Crippen molar-refractivity contribution in [2.45, 2.75) is 32.7 Å². The number of sulfonamides is 1. The minimum atomic E-state index is -3.62. The number of ether oxygens (including phenoxy) is 1. The lowest BCUT2D eigenvalue weighted by atomic mass is 10.0. The monoisotopic (exact) mass is 390 g/mol. The maximum absolute atomic E-state index is 12.3. The third-order valence-corrected chi connectivity index (χ3v) is 5.29. The van der Waals surface area contributed by atoms with Crippen LogP contribution in [0.4, 0.5) is 5.69 Å². The summed E-state index contributed by atoms with van der Waals surface area (Å²) < 4.78 is 31.2. The van der Waals surface area contributed by atoms with E-state index < -0.39 is 15.6 Å². The Morgan fingerprint density at radius 1 is 1.04 bits per heavy atom. The molecule has 0 aliphatic heterocycles.